The first-order valence-electron chi connectivity index (χ1n) is 8.71. The van der Waals surface area contributed by atoms with Gasteiger partial charge in [-0.15, -0.1) is 0 Å². The average molecular weight is 368 g/mol. The Morgan fingerprint density at radius 2 is 1.85 bits per heavy atom. The van der Waals surface area contributed by atoms with E-state index in [4.69, 9.17) is 16.0 Å². The van der Waals surface area contributed by atoms with E-state index in [1.807, 2.05) is 36.4 Å². The minimum Gasteiger partial charge on any atom is -0.422 e. The van der Waals surface area contributed by atoms with Crippen LogP contribution in [-0.2, 0) is 0 Å². The predicted molar refractivity (Wildman–Crippen MR) is 101 cm³/mol. The van der Waals surface area contributed by atoms with Crippen LogP contribution in [0.5, 0.6) is 0 Å². The molecule has 4 rings (SSSR count). The van der Waals surface area contributed by atoms with E-state index >= 15 is 0 Å². The average Bonchev–Trinajstić information content (AvgIpc) is 2.59. The van der Waals surface area contributed by atoms with Crippen LogP contribution in [0, 0.1) is 5.92 Å². The maximum Gasteiger partial charge on any atom is 0.349 e. The Morgan fingerprint density at radius 1 is 1.12 bits per heavy atom. The van der Waals surface area contributed by atoms with E-state index in [2.05, 4.69) is 5.32 Å². The molecule has 1 amide bonds. The van der Waals surface area contributed by atoms with Gasteiger partial charge < -0.3 is 9.73 Å². The number of amides is 1. The van der Waals surface area contributed by atoms with Crippen molar-refractivity contribution in [2.75, 3.05) is 0 Å². The predicted octanol–water partition coefficient (Wildman–Crippen LogP) is 4.72. The molecule has 1 heterocycles. The van der Waals surface area contributed by atoms with Crippen LogP contribution in [0.3, 0.4) is 0 Å². The fourth-order valence-corrected chi connectivity index (χ4v) is 3.48. The first-order chi connectivity index (χ1) is 12.6. The maximum absolute atomic E-state index is 12.8. The summed E-state index contributed by atoms with van der Waals surface area (Å²) in [5, 5.41) is 4.42. The van der Waals surface area contributed by atoms with Gasteiger partial charge in [0.25, 0.3) is 5.91 Å². The quantitative estimate of drug-likeness (QED) is 0.679. The van der Waals surface area contributed by atoms with Crippen molar-refractivity contribution < 1.29 is 9.21 Å². The van der Waals surface area contributed by atoms with Crippen LogP contribution in [0.4, 0.5) is 0 Å². The molecule has 1 fully saturated rings. The Hall–Kier alpha value is -2.59. The molecular formula is C21H18ClNO3. The lowest BCUT2D eigenvalue weighted by molar-refractivity contribution is 0.0897. The van der Waals surface area contributed by atoms with Gasteiger partial charge in [-0.3, -0.25) is 4.79 Å². The molecule has 1 aromatic heterocycles. The summed E-state index contributed by atoms with van der Waals surface area (Å²) in [6.07, 6.45) is 3.27. The first kappa shape index (κ1) is 16.9. The van der Waals surface area contributed by atoms with Crippen molar-refractivity contribution in [2.24, 2.45) is 5.92 Å². The van der Waals surface area contributed by atoms with Gasteiger partial charge in [-0.25, -0.2) is 4.79 Å². The highest BCUT2D eigenvalue weighted by atomic mass is 35.5. The molecule has 0 unspecified atom stereocenters. The van der Waals surface area contributed by atoms with E-state index in [0.717, 1.165) is 30.2 Å². The Morgan fingerprint density at radius 3 is 2.54 bits per heavy atom. The normalized spacial score (nSPS) is 15.4. The standard InChI is InChI=1S/C21H18ClNO3/c22-16-10-8-14(9-11-16)19(13-5-3-6-13)23-20(24)17-12-15-4-1-2-7-18(15)26-21(17)25/h1-2,4,7-13,19H,3,5-6H2,(H,23,24)/t19-/m0/s1. The van der Waals surface area contributed by atoms with Crippen LogP contribution in [0.2, 0.25) is 5.02 Å². The van der Waals surface area contributed by atoms with Crippen molar-refractivity contribution in [3.8, 4) is 0 Å². The molecule has 0 bridgehead atoms. The monoisotopic (exact) mass is 367 g/mol. The molecule has 5 heteroatoms. The van der Waals surface area contributed by atoms with Gasteiger partial charge in [-0.05, 0) is 48.6 Å². The number of hydrogen-bond acceptors (Lipinski definition) is 3. The lowest BCUT2D eigenvalue weighted by Gasteiger charge is -2.34. The molecule has 2 aromatic carbocycles. The highest BCUT2D eigenvalue weighted by molar-refractivity contribution is 6.30. The molecule has 1 saturated carbocycles. The summed E-state index contributed by atoms with van der Waals surface area (Å²) in [7, 11) is 0. The summed E-state index contributed by atoms with van der Waals surface area (Å²) in [5.41, 5.74) is 0.881. The number of carbonyl (C=O) groups excluding carboxylic acids is 1. The van der Waals surface area contributed by atoms with Gasteiger partial charge in [0.15, 0.2) is 0 Å². The van der Waals surface area contributed by atoms with E-state index in [9.17, 15) is 9.59 Å². The second kappa shape index (κ2) is 6.96. The lowest BCUT2D eigenvalue weighted by atomic mass is 9.77. The fraction of sp³-hybridized carbons (Fsp3) is 0.238. The number of nitrogens with one attached hydrogen (secondary N) is 1. The second-order valence-electron chi connectivity index (χ2n) is 6.68. The highest BCUT2D eigenvalue weighted by Crippen LogP contribution is 2.38. The Bertz CT molecular complexity index is 1010. The number of benzene rings is 2. The number of halogens is 1. The molecule has 0 spiro atoms. The fourth-order valence-electron chi connectivity index (χ4n) is 3.36. The highest BCUT2D eigenvalue weighted by Gasteiger charge is 2.30. The van der Waals surface area contributed by atoms with Gasteiger partial charge in [0.05, 0.1) is 6.04 Å². The molecule has 1 N–H and O–H groups in total. The van der Waals surface area contributed by atoms with Gasteiger partial charge in [-0.1, -0.05) is 48.4 Å². The number of hydrogen-bond donors (Lipinski definition) is 1. The number of carbonyl (C=O) groups is 1. The number of fused-ring (bicyclic) bond motifs is 1. The molecule has 0 aliphatic heterocycles. The molecule has 0 radical (unpaired) electrons. The zero-order valence-corrected chi connectivity index (χ0v) is 14.8. The molecule has 1 aliphatic carbocycles. The van der Waals surface area contributed by atoms with Gasteiger partial charge in [-0.2, -0.15) is 0 Å². The summed E-state index contributed by atoms with van der Waals surface area (Å²) in [6.45, 7) is 0. The molecular weight excluding hydrogens is 350 g/mol. The molecule has 132 valence electrons. The van der Waals surface area contributed by atoms with Crippen molar-refractivity contribution in [2.45, 2.75) is 25.3 Å². The van der Waals surface area contributed by atoms with E-state index in [0.29, 0.717) is 16.5 Å². The van der Waals surface area contributed by atoms with Crippen molar-refractivity contribution in [3.63, 3.8) is 0 Å². The van der Waals surface area contributed by atoms with E-state index < -0.39 is 11.5 Å². The van der Waals surface area contributed by atoms with E-state index in [1.54, 1.807) is 18.2 Å². The zero-order chi connectivity index (χ0) is 18.1. The smallest absolute Gasteiger partial charge is 0.349 e. The number of rotatable bonds is 4. The summed E-state index contributed by atoms with van der Waals surface area (Å²) in [5.74, 6) is -0.0380. The van der Waals surface area contributed by atoms with E-state index in [-0.39, 0.29) is 11.6 Å². The van der Waals surface area contributed by atoms with Crippen LogP contribution >= 0.6 is 11.6 Å². The van der Waals surface area contributed by atoms with Crippen LogP contribution in [-0.4, -0.2) is 5.91 Å². The summed E-state index contributed by atoms with van der Waals surface area (Å²) < 4.78 is 5.28. The largest absolute Gasteiger partial charge is 0.422 e. The molecule has 3 aromatic rings. The zero-order valence-electron chi connectivity index (χ0n) is 14.1. The maximum atomic E-state index is 12.8. The van der Waals surface area contributed by atoms with Crippen LogP contribution in [0.15, 0.2) is 63.8 Å². The minimum absolute atomic E-state index is 0.0296. The van der Waals surface area contributed by atoms with Gasteiger partial charge in [0, 0.05) is 10.4 Å². The summed E-state index contributed by atoms with van der Waals surface area (Å²) in [4.78, 5) is 25.1. The second-order valence-corrected chi connectivity index (χ2v) is 7.12. The molecule has 1 atom stereocenters. The molecule has 4 nitrogen and oxygen atoms in total. The molecule has 0 saturated heterocycles. The van der Waals surface area contributed by atoms with Crippen molar-refractivity contribution in [1.82, 2.24) is 5.32 Å². The van der Waals surface area contributed by atoms with Crippen LogP contribution in [0.1, 0.15) is 41.2 Å². The Kier molecular flexibility index (Phi) is 4.51. The Balaban J connectivity index is 1.65. The van der Waals surface area contributed by atoms with Crippen LogP contribution in [0.25, 0.3) is 11.0 Å². The van der Waals surface area contributed by atoms with Crippen molar-refractivity contribution in [1.29, 1.82) is 0 Å². The third kappa shape index (κ3) is 3.25. The first-order valence-corrected chi connectivity index (χ1v) is 9.09. The molecule has 1 aliphatic rings. The summed E-state index contributed by atoms with van der Waals surface area (Å²) in [6, 6.07) is 16.1. The minimum atomic E-state index is -0.621. The SMILES string of the molecule is O=C(N[C@H](c1ccc(Cl)cc1)C1CCC1)c1cc2ccccc2oc1=O. The topological polar surface area (TPSA) is 59.3 Å². The number of para-hydroxylation sites is 1. The van der Waals surface area contributed by atoms with Gasteiger partial charge >= 0.3 is 5.63 Å². The van der Waals surface area contributed by atoms with E-state index in [1.165, 1.54) is 0 Å². The van der Waals surface area contributed by atoms with Crippen molar-refractivity contribution in [3.05, 3.63) is 81.2 Å². The third-order valence-corrected chi connectivity index (χ3v) is 5.27. The Labute approximate surface area is 155 Å². The van der Waals surface area contributed by atoms with Crippen LogP contribution < -0.4 is 10.9 Å². The van der Waals surface area contributed by atoms with Crippen molar-refractivity contribution >= 4 is 28.5 Å². The van der Waals surface area contributed by atoms with Gasteiger partial charge in [0.1, 0.15) is 11.1 Å². The summed E-state index contributed by atoms with van der Waals surface area (Å²) >= 11 is 5.98. The van der Waals surface area contributed by atoms with Gasteiger partial charge in [0.2, 0.25) is 0 Å². The lowest BCUT2D eigenvalue weighted by Crippen LogP contribution is -2.37. The molecule has 26 heavy (non-hydrogen) atoms. The third-order valence-electron chi connectivity index (χ3n) is 5.02.